The number of hydrogen-bond donors (Lipinski definition) is 0. The molecule has 0 radical (unpaired) electrons. The zero-order valence-electron chi connectivity index (χ0n) is 19.2. The standard InChI is InChI=1S/C29H30Cl2N2O/c30-26-15-24(16-27(31)17-26)29(34)33-19-25(28(20-33)23-9-5-2-6-10-23)18-32-13-11-22(12-14-32)21-7-3-1-4-8-21/h1-10,15-17,22,25,28H,11-14,18-20H2. The molecule has 34 heavy (non-hydrogen) atoms. The molecule has 5 heteroatoms. The van der Waals surface area contributed by atoms with Crippen LogP contribution in [0.1, 0.15) is 46.2 Å². The first kappa shape index (κ1) is 23.4. The van der Waals surface area contributed by atoms with Crippen LogP contribution in [0.5, 0.6) is 0 Å². The van der Waals surface area contributed by atoms with E-state index in [9.17, 15) is 4.79 Å². The number of benzene rings is 3. The predicted octanol–water partition coefficient (Wildman–Crippen LogP) is 6.73. The summed E-state index contributed by atoms with van der Waals surface area (Å²) in [5.41, 5.74) is 3.34. The van der Waals surface area contributed by atoms with Crippen molar-refractivity contribution in [2.24, 2.45) is 5.92 Å². The van der Waals surface area contributed by atoms with Crippen LogP contribution in [-0.4, -0.2) is 48.4 Å². The van der Waals surface area contributed by atoms with E-state index in [1.54, 1.807) is 18.2 Å². The second-order valence-corrected chi connectivity index (χ2v) is 10.5. The minimum absolute atomic E-state index is 0.00983. The fraction of sp³-hybridized carbons (Fsp3) is 0.345. The quantitative estimate of drug-likeness (QED) is 0.394. The fourth-order valence-corrected chi connectivity index (χ4v) is 6.19. The summed E-state index contributed by atoms with van der Waals surface area (Å²) in [5.74, 6) is 1.38. The maximum atomic E-state index is 13.4. The maximum Gasteiger partial charge on any atom is 0.253 e. The van der Waals surface area contributed by atoms with Gasteiger partial charge in [-0.15, -0.1) is 0 Å². The Kier molecular flexibility index (Phi) is 7.24. The average molecular weight is 493 g/mol. The van der Waals surface area contributed by atoms with Gasteiger partial charge in [0.15, 0.2) is 0 Å². The van der Waals surface area contributed by atoms with Gasteiger partial charge in [0, 0.05) is 41.2 Å². The summed E-state index contributed by atoms with van der Waals surface area (Å²) in [6.45, 7) is 4.70. The lowest BCUT2D eigenvalue weighted by Gasteiger charge is -2.34. The molecule has 1 amide bonds. The molecule has 3 aromatic rings. The highest BCUT2D eigenvalue weighted by atomic mass is 35.5. The van der Waals surface area contributed by atoms with E-state index >= 15 is 0 Å². The van der Waals surface area contributed by atoms with Gasteiger partial charge in [0.25, 0.3) is 5.91 Å². The van der Waals surface area contributed by atoms with Gasteiger partial charge < -0.3 is 9.80 Å². The minimum Gasteiger partial charge on any atom is -0.338 e. The molecule has 2 fully saturated rings. The number of carbonyl (C=O) groups excluding carboxylic acids is 1. The fourth-order valence-electron chi connectivity index (χ4n) is 5.67. The molecule has 2 aliphatic rings. The minimum atomic E-state index is 0.00983. The van der Waals surface area contributed by atoms with Crippen molar-refractivity contribution in [3.8, 4) is 0 Å². The van der Waals surface area contributed by atoms with Crippen molar-refractivity contribution in [3.05, 3.63) is 106 Å². The molecule has 2 aliphatic heterocycles. The topological polar surface area (TPSA) is 23.6 Å². The largest absolute Gasteiger partial charge is 0.338 e. The highest BCUT2D eigenvalue weighted by Crippen LogP contribution is 2.36. The predicted molar refractivity (Wildman–Crippen MR) is 140 cm³/mol. The Morgan fingerprint density at radius 2 is 1.38 bits per heavy atom. The van der Waals surface area contributed by atoms with Gasteiger partial charge in [-0.2, -0.15) is 0 Å². The summed E-state index contributed by atoms with van der Waals surface area (Å²) in [6, 6.07) is 26.6. The number of rotatable bonds is 5. The van der Waals surface area contributed by atoms with Crippen LogP contribution in [0.2, 0.25) is 10.0 Å². The molecule has 0 spiro atoms. The molecule has 0 saturated carbocycles. The van der Waals surface area contributed by atoms with E-state index in [4.69, 9.17) is 23.2 Å². The number of likely N-dealkylation sites (tertiary alicyclic amines) is 2. The molecule has 3 nitrogen and oxygen atoms in total. The van der Waals surface area contributed by atoms with Gasteiger partial charge in [-0.1, -0.05) is 83.9 Å². The van der Waals surface area contributed by atoms with E-state index in [1.165, 1.54) is 24.0 Å². The first-order valence-corrected chi connectivity index (χ1v) is 12.9. The normalized spacial score (nSPS) is 21.6. The Labute approximate surface area is 212 Å². The summed E-state index contributed by atoms with van der Waals surface area (Å²) < 4.78 is 0. The zero-order chi connectivity index (χ0) is 23.5. The van der Waals surface area contributed by atoms with E-state index in [-0.39, 0.29) is 5.91 Å². The number of hydrogen-bond acceptors (Lipinski definition) is 2. The first-order chi connectivity index (χ1) is 16.6. The van der Waals surface area contributed by atoms with Gasteiger partial charge in [0.2, 0.25) is 0 Å². The Balaban J connectivity index is 1.29. The molecule has 0 N–H and O–H groups in total. The molecule has 0 bridgehead atoms. The summed E-state index contributed by atoms with van der Waals surface area (Å²) in [5, 5.41) is 0.986. The van der Waals surface area contributed by atoms with Crippen molar-refractivity contribution in [1.29, 1.82) is 0 Å². The van der Waals surface area contributed by atoms with Gasteiger partial charge in [-0.05, 0) is 67.1 Å². The highest BCUT2D eigenvalue weighted by molar-refractivity contribution is 6.35. The van der Waals surface area contributed by atoms with E-state index in [1.807, 2.05) is 4.90 Å². The summed E-state index contributed by atoms with van der Waals surface area (Å²) in [7, 11) is 0. The number of piperidine rings is 1. The van der Waals surface area contributed by atoms with Crippen LogP contribution in [0.15, 0.2) is 78.9 Å². The molecular weight excluding hydrogens is 463 g/mol. The second-order valence-electron chi connectivity index (χ2n) is 9.63. The van der Waals surface area contributed by atoms with Crippen LogP contribution in [0.3, 0.4) is 0 Å². The van der Waals surface area contributed by atoms with Gasteiger partial charge >= 0.3 is 0 Å². The van der Waals surface area contributed by atoms with Gasteiger partial charge in [-0.25, -0.2) is 0 Å². The lowest BCUT2D eigenvalue weighted by Crippen LogP contribution is -2.38. The van der Waals surface area contributed by atoms with Crippen molar-refractivity contribution in [2.45, 2.75) is 24.7 Å². The van der Waals surface area contributed by atoms with Crippen LogP contribution in [0.4, 0.5) is 0 Å². The van der Waals surface area contributed by atoms with E-state index in [0.717, 1.165) is 32.7 Å². The Bertz CT molecular complexity index is 1090. The summed E-state index contributed by atoms with van der Waals surface area (Å²) >= 11 is 12.4. The third-order valence-electron chi connectivity index (χ3n) is 7.42. The van der Waals surface area contributed by atoms with Gasteiger partial charge in [-0.3, -0.25) is 4.79 Å². The average Bonchev–Trinajstić information content (AvgIpc) is 3.28. The van der Waals surface area contributed by atoms with E-state index in [0.29, 0.717) is 33.4 Å². The Hall–Kier alpha value is -2.33. The van der Waals surface area contributed by atoms with Crippen molar-refractivity contribution < 1.29 is 4.79 Å². The van der Waals surface area contributed by atoms with Crippen molar-refractivity contribution >= 4 is 29.1 Å². The molecule has 0 aliphatic carbocycles. The molecule has 176 valence electrons. The lowest BCUT2D eigenvalue weighted by molar-refractivity contribution is 0.0781. The molecule has 0 aromatic heterocycles. The van der Waals surface area contributed by atoms with Gasteiger partial charge in [0.05, 0.1) is 0 Å². The molecule has 2 saturated heterocycles. The molecule has 2 heterocycles. The second kappa shape index (κ2) is 10.5. The van der Waals surface area contributed by atoms with Crippen LogP contribution < -0.4 is 0 Å². The monoisotopic (exact) mass is 492 g/mol. The SMILES string of the molecule is O=C(c1cc(Cl)cc(Cl)c1)N1CC(CN2CCC(c3ccccc3)CC2)C(c2ccccc2)C1. The summed E-state index contributed by atoms with van der Waals surface area (Å²) in [6.07, 6.45) is 2.38. The number of halogens is 2. The first-order valence-electron chi connectivity index (χ1n) is 12.1. The van der Waals surface area contributed by atoms with Crippen molar-refractivity contribution in [1.82, 2.24) is 9.80 Å². The molecule has 5 rings (SSSR count). The Morgan fingerprint density at radius 3 is 2.00 bits per heavy atom. The highest BCUT2D eigenvalue weighted by Gasteiger charge is 2.38. The van der Waals surface area contributed by atoms with Gasteiger partial charge in [0.1, 0.15) is 0 Å². The van der Waals surface area contributed by atoms with Crippen molar-refractivity contribution in [3.63, 3.8) is 0 Å². The van der Waals surface area contributed by atoms with Crippen LogP contribution >= 0.6 is 23.2 Å². The third kappa shape index (κ3) is 5.33. The third-order valence-corrected chi connectivity index (χ3v) is 7.85. The van der Waals surface area contributed by atoms with Crippen molar-refractivity contribution in [2.75, 3.05) is 32.7 Å². The molecule has 2 atom stereocenters. The Morgan fingerprint density at radius 1 is 0.794 bits per heavy atom. The number of carbonyl (C=O) groups is 1. The smallest absolute Gasteiger partial charge is 0.253 e. The van der Waals surface area contributed by atoms with Crippen LogP contribution in [0.25, 0.3) is 0 Å². The molecular formula is C29H30Cl2N2O. The van der Waals surface area contributed by atoms with Crippen LogP contribution in [0, 0.1) is 5.92 Å². The number of amides is 1. The summed E-state index contributed by atoms with van der Waals surface area (Å²) in [4.78, 5) is 17.9. The van der Waals surface area contributed by atoms with E-state index in [2.05, 4.69) is 65.6 Å². The zero-order valence-corrected chi connectivity index (χ0v) is 20.8. The van der Waals surface area contributed by atoms with E-state index < -0.39 is 0 Å². The van der Waals surface area contributed by atoms with Crippen LogP contribution in [-0.2, 0) is 0 Å². The maximum absolute atomic E-state index is 13.4. The lowest BCUT2D eigenvalue weighted by atomic mass is 9.86. The molecule has 3 aromatic carbocycles. The molecule has 2 unspecified atom stereocenters. The number of nitrogens with zero attached hydrogens (tertiary/aromatic N) is 2.